The Morgan fingerprint density at radius 3 is 2.27 bits per heavy atom. The van der Waals surface area contributed by atoms with E-state index >= 15 is 0 Å². The Morgan fingerprint density at radius 2 is 1.60 bits per heavy atom. The first kappa shape index (κ1) is 21.4. The summed E-state index contributed by atoms with van der Waals surface area (Å²) in [6, 6.07) is 11.3. The van der Waals surface area contributed by atoms with E-state index in [0.717, 1.165) is 11.3 Å². The number of carbonyl (C=O) groups is 2. The minimum Gasteiger partial charge on any atom is -0.493 e. The van der Waals surface area contributed by atoms with Gasteiger partial charge in [-0.25, -0.2) is 9.78 Å². The molecule has 0 unspecified atom stereocenters. The van der Waals surface area contributed by atoms with E-state index in [-0.39, 0.29) is 5.91 Å². The van der Waals surface area contributed by atoms with Gasteiger partial charge in [-0.1, -0.05) is 22.9 Å². The number of nitrogens with zero attached hydrogens (tertiary/aromatic N) is 1. The fraction of sp³-hybridized carbons (Fsp3) is 0.150. The number of thiazole rings is 1. The Labute approximate surface area is 182 Å². The van der Waals surface area contributed by atoms with Crippen LogP contribution in [0, 0.1) is 6.92 Å². The van der Waals surface area contributed by atoms with Crippen LogP contribution in [0.2, 0.25) is 5.02 Å². The highest BCUT2D eigenvalue weighted by Gasteiger charge is 2.17. The number of methoxy groups -OCH3 is 2. The Morgan fingerprint density at radius 1 is 0.933 bits per heavy atom. The second-order valence-corrected chi connectivity index (χ2v) is 7.48. The number of benzene rings is 2. The molecular formula is C20H19ClN4O4S. The lowest BCUT2D eigenvalue weighted by Gasteiger charge is -2.10. The van der Waals surface area contributed by atoms with Gasteiger partial charge in [0.2, 0.25) is 0 Å². The lowest BCUT2D eigenvalue weighted by atomic mass is 10.2. The van der Waals surface area contributed by atoms with Crippen LogP contribution < -0.4 is 25.4 Å². The van der Waals surface area contributed by atoms with Gasteiger partial charge in [-0.2, -0.15) is 0 Å². The minimum absolute atomic E-state index is 0.302. The summed E-state index contributed by atoms with van der Waals surface area (Å²) in [5.74, 6) is 0.712. The Hall–Kier alpha value is -3.30. The lowest BCUT2D eigenvalue weighted by Crippen LogP contribution is -2.19. The van der Waals surface area contributed by atoms with Crippen LogP contribution in [0.3, 0.4) is 0 Å². The van der Waals surface area contributed by atoms with Crippen molar-refractivity contribution in [3.8, 4) is 11.5 Å². The van der Waals surface area contributed by atoms with Crippen molar-refractivity contribution in [2.24, 2.45) is 0 Å². The van der Waals surface area contributed by atoms with E-state index in [0.29, 0.717) is 43.6 Å². The molecule has 0 aliphatic heterocycles. The number of anilines is 3. The van der Waals surface area contributed by atoms with Gasteiger partial charge in [0.05, 0.1) is 19.9 Å². The predicted octanol–water partition coefficient (Wildman–Crippen LogP) is 5.02. The molecule has 3 rings (SSSR count). The van der Waals surface area contributed by atoms with E-state index in [9.17, 15) is 9.59 Å². The first-order valence-corrected chi connectivity index (χ1v) is 9.93. The van der Waals surface area contributed by atoms with Crippen LogP contribution >= 0.6 is 22.9 Å². The summed E-state index contributed by atoms with van der Waals surface area (Å²) in [6.07, 6.45) is 0. The van der Waals surface area contributed by atoms with Crippen molar-refractivity contribution in [3.05, 3.63) is 58.1 Å². The van der Waals surface area contributed by atoms with Crippen LogP contribution in [-0.4, -0.2) is 31.1 Å². The highest BCUT2D eigenvalue weighted by Crippen LogP contribution is 2.30. The highest BCUT2D eigenvalue weighted by atomic mass is 35.5. The van der Waals surface area contributed by atoms with E-state index < -0.39 is 6.03 Å². The van der Waals surface area contributed by atoms with Crippen molar-refractivity contribution in [2.75, 3.05) is 30.2 Å². The SMILES string of the molecule is COc1ccc(NC(=O)c2sc(NC(=O)Nc3ccc(Cl)cc3)nc2C)cc1OC. The molecule has 1 aromatic heterocycles. The fourth-order valence-electron chi connectivity index (χ4n) is 2.56. The summed E-state index contributed by atoms with van der Waals surface area (Å²) in [6.45, 7) is 1.70. The number of hydrogen-bond acceptors (Lipinski definition) is 6. The minimum atomic E-state index is -0.474. The quantitative estimate of drug-likeness (QED) is 0.493. The number of aromatic nitrogens is 1. The van der Waals surface area contributed by atoms with Crippen molar-refractivity contribution in [2.45, 2.75) is 6.92 Å². The molecule has 0 atom stereocenters. The Bertz CT molecular complexity index is 1070. The lowest BCUT2D eigenvalue weighted by molar-refractivity contribution is 0.102. The molecule has 30 heavy (non-hydrogen) atoms. The van der Waals surface area contributed by atoms with E-state index in [2.05, 4.69) is 20.9 Å². The molecule has 3 aromatic rings. The normalized spacial score (nSPS) is 10.3. The summed E-state index contributed by atoms with van der Waals surface area (Å²) in [4.78, 5) is 29.5. The van der Waals surface area contributed by atoms with Gasteiger partial charge in [0.15, 0.2) is 16.6 Å². The van der Waals surface area contributed by atoms with Gasteiger partial charge in [-0.15, -0.1) is 0 Å². The second-order valence-electron chi connectivity index (χ2n) is 6.04. The standard InChI is InChI=1S/C20H19ClN4O4S/c1-11-17(18(26)23-14-8-9-15(28-2)16(10-14)29-3)30-20(22-11)25-19(27)24-13-6-4-12(21)5-7-13/h4-10H,1-3H3,(H,23,26)(H2,22,24,25,27). The number of halogens is 1. The zero-order chi connectivity index (χ0) is 21.7. The van der Waals surface area contributed by atoms with Crippen molar-refractivity contribution in [3.63, 3.8) is 0 Å². The zero-order valence-corrected chi connectivity index (χ0v) is 18.0. The molecule has 2 aromatic carbocycles. The highest BCUT2D eigenvalue weighted by molar-refractivity contribution is 7.17. The monoisotopic (exact) mass is 446 g/mol. The van der Waals surface area contributed by atoms with E-state index in [1.807, 2.05) is 0 Å². The summed E-state index contributed by atoms with van der Waals surface area (Å²) in [5.41, 5.74) is 1.62. The Kier molecular flexibility index (Phi) is 6.76. The number of nitrogens with one attached hydrogen (secondary N) is 3. The largest absolute Gasteiger partial charge is 0.493 e. The summed E-state index contributed by atoms with van der Waals surface area (Å²) < 4.78 is 10.4. The van der Waals surface area contributed by atoms with Crippen LogP contribution in [0.4, 0.5) is 21.3 Å². The summed E-state index contributed by atoms with van der Waals surface area (Å²) in [7, 11) is 3.05. The molecule has 0 fully saturated rings. The maximum atomic E-state index is 12.7. The van der Waals surface area contributed by atoms with E-state index in [1.165, 1.54) is 14.2 Å². The van der Waals surface area contributed by atoms with Crippen molar-refractivity contribution in [1.29, 1.82) is 0 Å². The van der Waals surface area contributed by atoms with Gasteiger partial charge >= 0.3 is 6.03 Å². The molecule has 0 aliphatic carbocycles. The maximum Gasteiger partial charge on any atom is 0.325 e. The molecule has 3 amide bonds. The average Bonchev–Trinajstić information content (AvgIpc) is 3.09. The molecule has 0 radical (unpaired) electrons. The first-order chi connectivity index (χ1) is 14.4. The molecule has 10 heteroatoms. The third-order valence-corrected chi connectivity index (χ3v) is 5.29. The van der Waals surface area contributed by atoms with Crippen molar-refractivity contribution < 1.29 is 19.1 Å². The van der Waals surface area contributed by atoms with Gasteiger partial charge in [-0.3, -0.25) is 10.1 Å². The van der Waals surface area contributed by atoms with Gasteiger partial charge in [0.1, 0.15) is 4.88 Å². The molecule has 0 saturated heterocycles. The van der Waals surface area contributed by atoms with Gasteiger partial charge in [-0.05, 0) is 43.3 Å². The average molecular weight is 447 g/mol. The topological polar surface area (TPSA) is 102 Å². The van der Waals surface area contributed by atoms with E-state index in [4.69, 9.17) is 21.1 Å². The van der Waals surface area contributed by atoms with Gasteiger partial charge in [0.25, 0.3) is 5.91 Å². The first-order valence-electron chi connectivity index (χ1n) is 8.74. The number of ether oxygens (including phenoxy) is 2. The molecule has 0 aliphatic rings. The van der Waals surface area contributed by atoms with Crippen LogP contribution in [0.25, 0.3) is 0 Å². The number of aryl methyl sites for hydroxylation is 1. The molecule has 8 nitrogen and oxygen atoms in total. The molecule has 156 valence electrons. The van der Waals surface area contributed by atoms with Crippen LogP contribution in [0.15, 0.2) is 42.5 Å². The van der Waals surface area contributed by atoms with Gasteiger partial charge < -0.3 is 20.1 Å². The smallest absolute Gasteiger partial charge is 0.325 e. The molecule has 0 spiro atoms. The number of carbonyl (C=O) groups excluding carboxylic acids is 2. The number of urea groups is 1. The molecule has 0 saturated carbocycles. The number of amides is 3. The third kappa shape index (κ3) is 5.19. The van der Waals surface area contributed by atoms with Crippen LogP contribution in [-0.2, 0) is 0 Å². The Balaban J connectivity index is 1.67. The molecule has 3 N–H and O–H groups in total. The number of hydrogen-bond donors (Lipinski definition) is 3. The third-order valence-electron chi connectivity index (χ3n) is 3.97. The molecule has 1 heterocycles. The predicted molar refractivity (Wildman–Crippen MR) is 118 cm³/mol. The van der Waals surface area contributed by atoms with Crippen LogP contribution in [0.1, 0.15) is 15.4 Å². The maximum absolute atomic E-state index is 12.7. The zero-order valence-electron chi connectivity index (χ0n) is 16.4. The second kappa shape index (κ2) is 9.47. The van der Waals surface area contributed by atoms with Crippen LogP contribution in [0.5, 0.6) is 11.5 Å². The molecular weight excluding hydrogens is 428 g/mol. The summed E-state index contributed by atoms with van der Waals surface area (Å²) in [5, 5.41) is 8.96. The molecule has 0 bridgehead atoms. The summed E-state index contributed by atoms with van der Waals surface area (Å²) >= 11 is 6.90. The number of rotatable bonds is 6. The van der Waals surface area contributed by atoms with Crippen molar-refractivity contribution >= 4 is 51.4 Å². The van der Waals surface area contributed by atoms with Gasteiger partial charge in [0, 0.05) is 22.5 Å². The van der Waals surface area contributed by atoms with Crippen molar-refractivity contribution in [1.82, 2.24) is 4.98 Å². The van der Waals surface area contributed by atoms with E-state index in [1.54, 1.807) is 49.4 Å². The fourth-order valence-corrected chi connectivity index (χ4v) is 3.54.